The maximum absolute atomic E-state index is 4.15. The summed E-state index contributed by atoms with van der Waals surface area (Å²) in [5.74, 6) is 1.04. The number of fused-ring (bicyclic) bond motifs is 1. The number of hydrogen-bond acceptors (Lipinski definition) is 6. The maximum Gasteiger partial charge on any atom is 0.147 e. The van der Waals surface area contributed by atoms with Crippen LogP contribution in [-0.4, -0.2) is 54.3 Å². The van der Waals surface area contributed by atoms with Crippen LogP contribution in [0.15, 0.2) is 12.5 Å². The summed E-state index contributed by atoms with van der Waals surface area (Å²) in [5, 5.41) is 19.6. The van der Waals surface area contributed by atoms with Crippen LogP contribution in [0.3, 0.4) is 0 Å². The van der Waals surface area contributed by atoms with Crippen LogP contribution >= 0.6 is 0 Å². The molecule has 1 N–H and O–H groups in total. The Morgan fingerprint density at radius 2 is 2.20 bits per heavy atom. The van der Waals surface area contributed by atoms with Crippen molar-refractivity contribution >= 4 is 0 Å². The number of hydrogen-bond donors (Lipinski definition) is 1. The highest BCUT2D eigenvalue weighted by atomic mass is 15.4. The first-order valence-electron chi connectivity index (χ1n) is 7.04. The van der Waals surface area contributed by atoms with Gasteiger partial charge in [0.2, 0.25) is 0 Å². The molecular formula is C12H20N8. The van der Waals surface area contributed by atoms with Crippen molar-refractivity contribution in [2.75, 3.05) is 19.6 Å². The molecule has 0 radical (unpaired) electrons. The monoisotopic (exact) mass is 276 g/mol. The second-order valence-electron chi connectivity index (χ2n) is 4.97. The fourth-order valence-electron chi connectivity index (χ4n) is 2.33. The zero-order valence-corrected chi connectivity index (χ0v) is 11.7. The molecule has 0 unspecified atom stereocenters. The summed E-state index contributed by atoms with van der Waals surface area (Å²) in [6.45, 7) is 8.47. The average Bonchev–Trinajstić information content (AvgIpc) is 3.11. The van der Waals surface area contributed by atoms with Gasteiger partial charge in [-0.1, -0.05) is 12.1 Å². The van der Waals surface area contributed by atoms with Crippen molar-refractivity contribution in [3.63, 3.8) is 0 Å². The molecule has 2 aromatic heterocycles. The minimum atomic E-state index is 0.781. The lowest BCUT2D eigenvalue weighted by Gasteiger charge is -2.26. The third-order valence-electron chi connectivity index (χ3n) is 3.51. The Hall–Kier alpha value is -1.80. The van der Waals surface area contributed by atoms with Gasteiger partial charge in [-0.05, 0) is 6.54 Å². The number of aromatic nitrogens is 6. The SMILES string of the molecule is CCNCc1cn(CCN2CCn3cnnc3C2)nn1. The summed E-state index contributed by atoms with van der Waals surface area (Å²) >= 11 is 0. The van der Waals surface area contributed by atoms with Crippen LogP contribution in [0, 0.1) is 0 Å². The molecule has 0 spiro atoms. The van der Waals surface area contributed by atoms with Crippen molar-refractivity contribution in [1.82, 2.24) is 40.0 Å². The third kappa shape index (κ3) is 3.02. The molecule has 0 fully saturated rings. The van der Waals surface area contributed by atoms with Gasteiger partial charge < -0.3 is 9.88 Å². The van der Waals surface area contributed by atoms with Gasteiger partial charge in [0.15, 0.2) is 0 Å². The zero-order chi connectivity index (χ0) is 13.8. The molecule has 3 heterocycles. The molecule has 0 saturated heterocycles. The lowest BCUT2D eigenvalue weighted by molar-refractivity contribution is 0.206. The van der Waals surface area contributed by atoms with Gasteiger partial charge in [0, 0.05) is 32.4 Å². The van der Waals surface area contributed by atoms with Crippen LogP contribution in [0.25, 0.3) is 0 Å². The molecule has 2 aromatic rings. The van der Waals surface area contributed by atoms with Crippen LogP contribution in [0.2, 0.25) is 0 Å². The first kappa shape index (κ1) is 13.2. The lowest BCUT2D eigenvalue weighted by atomic mass is 10.3. The van der Waals surface area contributed by atoms with Crippen LogP contribution in [0.4, 0.5) is 0 Å². The minimum absolute atomic E-state index is 0.781. The van der Waals surface area contributed by atoms with Gasteiger partial charge in [-0.3, -0.25) is 9.58 Å². The Bertz CT molecular complexity index is 545. The van der Waals surface area contributed by atoms with Crippen molar-refractivity contribution in [2.24, 2.45) is 0 Å². The molecule has 0 aromatic carbocycles. The Labute approximate surface area is 117 Å². The van der Waals surface area contributed by atoms with Gasteiger partial charge in [0.05, 0.1) is 18.8 Å². The van der Waals surface area contributed by atoms with Crippen LogP contribution in [-0.2, 0) is 26.2 Å². The summed E-state index contributed by atoms with van der Waals surface area (Å²) in [7, 11) is 0. The summed E-state index contributed by atoms with van der Waals surface area (Å²) in [6, 6.07) is 0. The number of rotatable bonds is 6. The minimum Gasteiger partial charge on any atom is -0.315 e. The molecule has 1 aliphatic rings. The predicted octanol–water partition coefficient (Wildman–Crippen LogP) is -0.505. The van der Waals surface area contributed by atoms with Crippen LogP contribution in [0.1, 0.15) is 18.4 Å². The first-order chi connectivity index (χ1) is 9.85. The second-order valence-corrected chi connectivity index (χ2v) is 4.97. The van der Waals surface area contributed by atoms with Gasteiger partial charge >= 0.3 is 0 Å². The van der Waals surface area contributed by atoms with E-state index in [1.165, 1.54) is 0 Å². The second kappa shape index (κ2) is 6.10. The molecule has 20 heavy (non-hydrogen) atoms. The van der Waals surface area contributed by atoms with Crippen LogP contribution < -0.4 is 5.32 Å². The largest absolute Gasteiger partial charge is 0.315 e. The van der Waals surface area contributed by atoms with E-state index in [0.717, 1.165) is 57.3 Å². The van der Waals surface area contributed by atoms with E-state index in [0.29, 0.717) is 0 Å². The molecule has 8 heteroatoms. The molecule has 8 nitrogen and oxygen atoms in total. The van der Waals surface area contributed by atoms with Gasteiger partial charge in [0.1, 0.15) is 12.2 Å². The first-order valence-corrected chi connectivity index (χ1v) is 7.04. The Morgan fingerprint density at radius 1 is 1.25 bits per heavy atom. The van der Waals surface area contributed by atoms with Crippen molar-refractivity contribution in [3.05, 3.63) is 24.0 Å². The fraction of sp³-hybridized carbons (Fsp3) is 0.667. The van der Waals surface area contributed by atoms with E-state index in [1.54, 1.807) is 6.33 Å². The highest BCUT2D eigenvalue weighted by Crippen LogP contribution is 2.08. The van der Waals surface area contributed by atoms with Crippen molar-refractivity contribution in [3.8, 4) is 0 Å². The van der Waals surface area contributed by atoms with Gasteiger partial charge in [0.25, 0.3) is 0 Å². The van der Waals surface area contributed by atoms with E-state index in [-0.39, 0.29) is 0 Å². The molecule has 3 rings (SSSR count). The lowest BCUT2D eigenvalue weighted by Crippen LogP contribution is -2.35. The Morgan fingerprint density at radius 3 is 3.10 bits per heavy atom. The highest BCUT2D eigenvalue weighted by molar-refractivity contribution is 4.92. The van der Waals surface area contributed by atoms with Crippen LogP contribution in [0.5, 0.6) is 0 Å². The zero-order valence-electron chi connectivity index (χ0n) is 11.7. The van der Waals surface area contributed by atoms with Gasteiger partial charge in [-0.15, -0.1) is 15.3 Å². The molecule has 108 valence electrons. The average molecular weight is 276 g/mol. The predicted molar refractivity (Wildman–Crippen MR) is 72.7 cm³/mol. The van der Waals surface area contributed by atoms with Gasteiger partial charge in [-0.25, -0.2) is 0 Å². The van der Waals surface area contributed by atoms with Crippen molar-refractivity contribution < 1.29 is 0 Å². The van der Waals surface area contributed by atoms with Crippen molar-refractivity contribution in [2.45, 2.75) is 33.1 Å². The van der Waals surface area contributed by atoms with E-state index < -0.39 is 0 Å². The quantitative estimate of drug-likeness (QED) is 0.766. The Balaban J connectivity index is 1.49. The van der Waals surface area contributed by atoms with Crippen molar-refractivity contribution in [1.29, 1.82) is 0 Å². The summed E-state index contributed by atoms with van der Waals surface area (Å²) in [4.78, 5) is 2.37. The molecule has 0 bridgehead atoms. The number of nitrogens with zero attached hydrogens (tertiary/aromatic N) is 7. The highest BCUT2D eigenvalue weighted by Gasteiger charge is 2.16. The normalized spacial score (nSPS) is 15.4. The molecule has 1 aliphatic heterocycles. The summed E-state index contributed by atoms with van der Waals surface area (Å²) in [5.41, 5.74) is 0.991. The third-order valence-corrected chi connectivity index (χ3v) is 3.51. The Kier molecular flexibility index (Phi) is 4.03. The van der Waals surface area contributed by atoms with E-state index in [9.17, 15) is 0 Å². The molecule has 0 saturated carbocycles. The fourth-order valence-corrected chi connectivity index (χ4v) is 2.33. The molecule has 0 atom stereocenters. The molecular weight excluding hydrogens is 256 g/mol. The molecule has 0 amide bonds. The van der Waals surface area contributed by atoms with E-state index in [1.807, 2.05) is 10.9 Å². The standard InChI is InChI=1S/C12H20N8/c1-2-13-7-11-8-20(17-15-11)6-4-18-3-5-19-10-14-16-12(19)9-18/h8,10,13H,2-7,9H2,1H3. The smallest absolute Gasteiger partial charge is 0.147 e. The van der Waals surface area contributed by atoms with E-state index in [2.05, 4.69) is 42.2 Å². The van der Waals surface area contributed by atoms with E-state index in [4.69, 9.17) is 0 Å². The summed E-state index contributed by atoms with van der Waals surface area (Å²) in [6.07, 6.45) is 3.81. The number of nitrogens with one attached hydrogen (secondary N) is 1. The van der Waals surface area contributed by atoms with Gasteiger partial charge in [-0.2, -0.15) is 0 Å². The maximum atomic E-state index is 4.15. The van der Waals surface area contributed by atoms with E-state index >= 15 is 0 Å². The topological polar surface area (TPSA) is 76.7 Å². The summed E-state index contributed by atoms with van der Waals surface area (Å²) < 4.78 is 4.02. The molecule has 0 aliphatic carbocycles.